The average Bonchev–Trinajstić information content (AvgIpc) is 2.27. The zero-order valence-corrected chi connectivity index (χ0v) is 11.5. The first-order valence-corrected chi connectivity index (χ1v) is 6.67. The van der Waals surface area contributed by atoms with E-state index in [4.69, 9.17) is 28.9 Å². The number of hydrogen-bond acceptors (Lipinski definition) is 2. The van der Waals surface area contributed by atoms with Gasteiger partial charge in [-0.2, -0.15) is 0 Å². The van der Waals surface area contributed by atoms with Gasteiger partial charge in [0.25, 0.3) is 0 Å². The van der Waals surface area contributed by atoms with Gasteiger partial charge < -0.3 is 10.8 Å². The maximum Gasteiger partial charge on any atom is 0.0694 e. The third-order valence-electron chi connectivity index (χ3n) is 2.84. The highest BCUT2D eigenvalue weighted by Gasteiger charge is 2.14. The minimum absolute atomic E-state index is 0.147. The molecule has 0 aliphatic carbocycles. The lowest BCUT2D eigenvalue weighted by molar-refractivity contribution is 0.131. The molecule has 1 rings (SSSR count). The van der Waals surface area contributed by atoms with Crippen molar-refractivity contribution in [3.8, 4) is 0 Å². The first kappa shape index (κ1) is 14.8. The summed E-state index contributed by atoms with van der Waals surface area (Å²) in [5.74, 6) is 0. The van der Waals surface area contributed by atoms with E-state index in [0.29, 0.717) is 22.9 Å². The van der Waals surface area contributed by atoms with Gasteiger partial charge >= 0.3 is 0 Å². The van der Waals surface area contributed by atoms with Crippen LogP contribution in [0.1, 0.15) is 31.7 Å². The number of hydrogen-bond donors (Lipinski definition) is 2. The van der Waals surface area contributed by atoms with Crippen molar-refractivity contribution in [2.45, 2.75) is 44.8 Å². The van der Waals surface area contributed by atoms with Gasteiger partial charge in [-0.1, -0.05) is 42.6 Å². The van der Waals surface area contributed by atoms with Crippen LogP contribution in [0.5, 0.6) is 0 Å². The molecule has 0 spiro atoms. The second-order valence-electron chi connectivity index (χ2n) is 4.29. The second kappa shape index (κ2) is 7.22. The van der Waals surface area contributed by atoms with Gasteiger partial charge in [0, 0.05) is 16.1 Å². The van der Waals surface area contributed by atoms with E-state index in [2.05, 4.69) is 6.92 Å². The largest absolute Gasteiger partial charge is 0.392 e. The molecular weight excluding hydrogens is 257 g/mol. The molecule has 1 aromatic rings. The van der Waals surface area contributed by atoms with Crippen molar-refractivity contribution in [3.05, 3.63) is 33.8 Å². The first-order valence-electron chi connectivity index (χ1n) is 5.92. The molecule has 0 aliphatic heterocycles. The Hall–Kier alpha value is -0.280. The maximum atomic E-state index is 9.86. The normalized spacial score (nSPS) is 14.6. The highest BCUT2D eigenvalue weighted by Crippen LogP contribution is 2.22. The van der Waals surface area contributed by atoms with Crippen LogP contribution in [-0.2, 0) is 6.42 Å². The van der Waals surface area contributed by atoms with Crippen molar-refractivity contribution < 1.29 is 5.11 Å². The van der Waals surface area contributed by atoms with Gasteiger partial charge in [-0.25, -0.2) is 0 Å². The van der Waals surface area contributed by atoms with Crippen molar-refractivity contribution in [1.29, 1.82) is 0 Å². The quantitative estimate of drug-likeness (QED) is 0.836. The fourth-order valence-corrected chi connectivity index (χ4v) is 2.27. The van der Waals surface area contributed by atoms with E-state index >= 15 is 0 Å². The Bertz CT molecular complexity index is 357. The Morgan fingerprint density at radius 3 is 2.59 bits per heavy atom. The number of aryl methyl sites for hydroxylation is 1. The van der Waals surface area contributed by atoms with E-state index in [9.17, 15) is 5.11 Å². The smallest absolute Gasteiger partial charge is 0.0694 e. The van der Waals surface area contributed by atoms with Gasteiger partial charge in [0.1, 0.15) is 0 Å². The second-order valence-corrected chi connectivity index (χ2v) is 5.14. The molecule has 17 heavy (non-hydrogen) atoms. The van der Waals surface area contributed by atoms with Crippen LogP contribution in [0.25, 0.3) is 0 Å². The van der Waals surface area contributed by atoms with Crippen molar-refractivity contribution >= 4 is 23.2 Å². The van der Waals surface area contributed by atoms with E-state index in [1.54, 1.807) is 12.1 Å². The predicted molar refractivity (Wildman–Crippen MR) is 73.7 cm³/mol. The van der Waals surface area contributed by atoms with Crippen LogP contribution in [0.3, 0.4) is 0 Å². The third-order valence-corrected chi connectivity index (χ3v) is 3.43. The summed E-state index contributed by atoms with van der Waals surface area (Å²) in [6, 6.07) is 5.27. The number of halogens is 2. The Morgan fingerprint density at radius 1 is 1.29 bits per heavy atom. The molecule has 3 N–H and O–H groups in total. The molecule has 96 valence electrons. The molecule has 0 bridgehead atoms. The number of benzene rings is 1. The fraction of sp³-hybridized carbons (Fsp3) is 0.538. The van der Waals surface area contributed by atoms with Gasteiger partial charge in [-0.15, -0.1) is 0 Å². The van der Waals surface area contributed by atoms with Crippen LogP contribution in [0.2, 0.25) is 10.0 Å². The molecule has 4 heteroatoms. The number of rotatable bonds is 6. The van der Waals surface area contributed by atoms with Crippen LogP contribution in [0.4, 0.5) is 0 Å². The Morgan fingerprint density at radius 2 is 2.00 bits per heavy atom. The van der Waals surface area contributed by atoms with E-state index in [-0.39, 0.29) is 6.04 Å². The molecule has 0 heterocycles. The first-order chi connectivity index (χ1) is 8.04. The highest BCUT2D eigenvalue weighted by atomic mass is 35.5. The van der Waals surface area contributed by atoms with E-state index in [1.807, 2.05) is 6.07 Å². The zero-order valence-electron chi connectivity index (χ0n) is 10.00. The summed E-state index contributed by atoms with van der Waals surface area (Å²) in [7, 11) is 0. The van der Waals surface area contributed by atoms with E-state index < -0.39 is 6.10 Å². The summed E-state index contributed by atoms with van der Waals surface area (Å²) in [5, 5.41) is 11.1. The van der Waals surface area contributed by atoms with Gasteiger partial charge in [0.2, 0.25) is 0 Å². The summed E-state index contributed by atoms with van der Waals surface area (Å²) < 4.78 is 0. The molecular formula is C13H19Cl2NO. The number of aliphatic hydroxyl groups is 1. The Kier molecular flexibility index (Phi) is 6.28. The van der Waals surface area contributed by atoms with Crippen molar-refractivity contribution in [1.82, 2.24) is 0 Å². The van der Waals surface area contributed by atoms with E-state index in [1.165, 1.54) is 0 Å². The van der Waals surface area contributed by atoms with Crippen LogP contribution in [0.15, 0.2) is 18.2 Å². The summed E-state index contributed by atoms with van der Waals surface area (Å²) >= 11 is 11.9. The topological polar surface area (TPSA) is 46.2 Å². The molecule has 1 aromatic carbocycles. The fourth-order valence-electron chi connectivity index (χ4n) is 1.77. The lowest BCUT2D eigenvalue weighted by atomic mass is 9.99. The van der Waals surface area contributed by atoms with Crippen LogP contribution < -0.4 is 5.73 Å². The predicted octanol–water partition coefficient (Wildman–Crippen LogP) is 3.41. The molecule has 0 fully saturated rings. The van der Waals surface area contributed by atoms with Crippen molar-refractivity contribution in [2.24, 2.45) is 5.73 Å². The number of aliphatic hydroxyl groups excluding tert-OH is 1. The molecule has 0 saturated heterocycles. The molecule has 0 aromatic heterocycles. The lowest BCUT2D eigenvalue weighted by Gasteiger charge is -2.18. The third kappa shape index (κ3) is 4.84. The minimum atomic E-state index is -0.471. The summed E-state index contributed by atoms with van der Waals surface area (Å²) in [4.78, 5) is 0. The Balaban J connectivity index is 2.49. The van der Waals surface area contributed by atoms with Gasteiger partial charge in [-0.05, 0) is 37.0 Å². The molecule has 0 aliphatic rings. The summed E-state index contributed by atoms with van der Waals surface area (Å²) in [5.41, 5.74) is 6.85. The summed E-state index contributed by atoms with van der Waals surface area (Å²) in [6.07, 6.45) is 2.70. The molecule has 2 unspecified atom stereocenters. The van der Waals surface area contributed by atoms with Gasteiger partial charge in [0.05, 0.1) is 6.10 Å². The van der Waals surface area contributed by atoms with Crippen LogP contribution in [-0.4, -0.2) is 17.3 Å². The number of nitrogens with two attached hydrogens (primary N) is 1. The van der Waals surface area contributed by atoms with Gasteiger partial charge in [-0.3, -0.25) is 0 Å². The summed E-state index contributed by atoms with van der Waals surface area (Å²) in [6.45, 7) is 2.06. The molecule has 2 nitrogen and oxygen atoms in total. The maximum absolute atomic E-state index is 9.86. The van der Waals surface area contributed by atoms with Crippen LogP contribution >= 0.6 is 23.2 Å². The Labute approximate surface area is 113 Å². The average molecular weight is 276 g/mol. The molecule has 2 atom stereocenters. The van der Waals surface area contributed by atoms with Crippen molar-refractivity contribution in [2.75, 3.05) is 0 Å². The standard InChI is InChI=1S/C13H19Cl2NO/c1-2-3-12(16)13(17)7-5-9-4-6-10(14)8-11(9)15/h4,6,8,12-13,17H,2-3,5,7,16H2,1H3. The van der Waals surface area contributed by atoms with E-state index in [0.717, 1.165) is 18.4 Å². The molecule has 0 radical (unpaired) electrons. The highest BCUT2D eigenvalue weighted by molar-refractivity contribution is 6.35. The molecule has 0 saturated carbocycles. The molecule has 0 amide bonds. The van der Waals surface area contributed by atoms with Crippen LogP contribution in [0, 0.1) is 0 Å². The van der Waals surface area contributed by atoms with Crippen molar-refractivity contribution in [3.63, 3.8) is 0 Å². The monoisotopic (exact) mass is 275 g/mol. The SMILES string of the molecule is CCCC(N)C(O)CCc1ccc(Cl)cc1Cl. The minimum Gasteiger partial charge on any atom is -0.392 e. The zero-order chi connectivity index (χ0) is 12.8. The van der Waals surface area contributed by atoms with Gasteiger partial charge in [0.15, 0.2) is 0 Å². The lowest BCUT2D eigenvalue weighted by Crippen LogP contribution is -2.34.